The fourth-order valence-electron chi connectivity index (χ4n) is 3.89. The number of nitrogens with zero attached hydrogens (tertiary/aromatic N) is 5. The molecule has 1 saturated heterocycles. The Labute approximate surface area is 198 Å². The highest BCUT2D eigenvalue weighted by Gasteiger charge is 2.25. The minimum Gasteiger partial charge on any atom is -0.469 e. The summed E-state index contributed by atoms with van der Waals surface area (Å²) in [6, 6.07) is 8.66. The Kier molecular flexibility index (Phi) is 6.08. The number of rotatable bonds is 7. The molecule has 1 aromatic carbocycles. The van der Waals surface area contributed by atoms with Crippen molar-refractivity contribution < 1.29 is 22.6 Å². The van der Waals surface area contributed by atoms with Crippen molar-refractivity contribution in [3.8, 4) is 28.3 Å². The number of nitrogens with two attached hydrogens (primary N) is 1. The van der Waals surface area contributed by atoms with Crippen molar-refractivity contribution in [1.29, 1.82) is 0 Å². The second-order valence-electron chi connectivity index (χ2n) is 8.07. The lowest BCUT2D eigenvalue weighted by Crippen LogP contribution is -2.31. The maximum atomic E-state index is 13.6. The van der Waals surface area contributed by atoms with Crippen molar-refractivity contribution in [2.45, 2.75) is 26.0 Å². The van der Waals surface area contributed by atoms with Gasteiger partial charge in [0.15, 0.2) is 0 Å². The molecule has 8 nitrogen and oxygen atoms in total. The molecule has 0 aliphatic carbocycles. The first-order valence-corrected chi connectivity index (χ1v) is 10.8. The molecule has 1 fully saturated rings. The van der Waals surface area contributed by atoms with Gasteiger partial charge in [-0.25, -0.2) is 23.1 Å². The molecule has 0 atom stereocenters. The van der Waals surface area contributed by atoms with E-state index in [-0.39, 0.29) is 24.5 Å². The van der Waals surface area contributed by atoms with Gasteiger partial charge in [0.1, 0.15) is 23.9 Å². The van der Waals surface area contributed by atoms with E-state index < -0.39 is 17.9 Å². The topological polar surface area (TPSA) is 101 Å². The molecule has 180 valence electrons. The molecule has 0 bridgehead atoms. The molecule has 2 N–H and O–H groups in total. The molecule has 0 radical (unpaired) electrons. The first-order chi connectivity index (χ1) is 16.9. The van der Waals surface area contributed by atoms with E-state index in [2.05, 4.69) is 19.9 Å². The Balaban J connectivity index is 1.62. The van der Waals surface area contributed by atoms with Crippen molar-refractivity contribution in [2.75, 3.05) is 18.9 Å². The number of halogens is 3. The highest BCUT2D eigenvalue weighted by atomic mass is 19.3. The van der Waals surface area contributed by atoms with Crippen LogP contribution in [0.4, 0.5) is 19.1 Å². The maximum Gasteiger partial charge on any atom is 0.280 e. The zero-order chi connectivity index (χ0) is 24.5. The number of alkyl halides is 2. The zero-order valence-corrected chi connectivity index (χ0v) is 18.7. The third kappa shape index (κ3) is 4.67. The fourth-order valence-corrected chi connectivity index (χ4v) is 3.89. The highest BCUT2D eigenvalue weighted by Crippen LogP contribution is 2.39. The summed E-state index contributed by atoms with van der Waals surface area (Å²) in [4.78, 5) is 16.9. The first kappa shape index (κ1) is 22.8. The summed E-state index contributed by atoms with van der Waals surface area (Å²) in [5.41, 5.74) is 7.52. The van der Waals surface area contributed by atoms with Crippen LogP contribution in [0.3, 0.4) is 0 Å². The number of hydrogen-bond donors (Lipinski definition) is 1. The second-order valence-corrected chi connectivity index (χ2v) is 8.07. The Morgan fingerprint density at radius 3 is 2.57 bits per heavy atom. The van der Waals surface area contributed by atoms with Gasteiger partial charge in [0, 0.05) is 23.7 Å². The third-order valence-corrected chi connectivity index (χ3v) is 5.60. The summed E-state index contributed by atoms with van der Waals surface area (Å²) >= 11 is 0. The minimum atomic E-state index is -2.78. The Bertz CT molecular complexity index is 1360. The minimum absolute atomic E-state index is 0.0432. The summed E-state index contributed by atoms with van der Waals surface area (Å²) in [6.07, 6.45) is 0.725. The number of benzene rings is 1. The predicted octanol–water partition coefficient (Wildman–Crippen LogP) is 4.52. The van der Waals surface area contributed by atoms with E-state index in [4.69, 9.17) is 15.2 Å². The van der Waals surface area contributed by atoms with Gasteiger partial charge in [-0.1, -0.05) is 0 Å². The van der Waals surface area contributed by atoms with Crippen molar-refractivity contribution in [2.24, 2.45) is 0 Å². The molecule has 0 unspecified atom stereocenters. The van der Waals surface area contributed by atoms with Crippen molar-refractivity contribution in [3.05, 3.63) is 71.8 Å². The number of imidazole rings is 1. The zero-order valence-electron chi connectivity index (χ0n) is 18.7. The Hall–Kier alpha value is -3.99. The molecule has 0 saturated carbocycles. The molecule has 3 aromatic heterocycles. The van der Waals surface area contributed by atoms with E-state index in [0.29, 0.717) is 47.1 Å². The average Bonchev–Trinajstić information content (AvgIpc) is 3.24. The molecule has 5 rings (SSSR count). The summed E-state index contributed by atoms with van der Waals surface area (Å²) in [5.74, 6) is 0.213. The van der Waals surface area contributed by atoms with Gasteiger partial charge < -0.3 is 19.8 Å². The SMILES string of the molecule is Cc1cc(-c2c(OCc3nccn3C3COC3)nc(N)nc2-c2ccc(F)cc2)cc(C(F)F)n1. The maximum absolute atomic E-state index is 13.6. The lowest BCUT2D eigenvalue weighted by Gasteiger charge is -2.28. The van der Waals surface area contributed by atoms with Gasteiger partial charge in [-0.2, -0.15) is 4.98 Å². The van der Waals surface area contributed by atoms with Gasteiger partial charge in [0.25, 0.3) is 6.43 Å². The van der Waals surface area contributed by atoms with Crippen LogP contribution in [0, 0.1) is 12.7 Å². The number of nitrogen functional groups attached to an aromatic ring is 1. The molecule has 35 heavy (non-hydrogen) atoms. The largest absolute Gasteiger partial charge is 0.469 e. The quantitative estimate of drug-likeness (QED) is 0.413. The molecular formula is C24H21F3N6O2. The van der Waals surface area contributed by atoms with Crippen molar-refractivity contribution >= 4 is 5.95 Å². The van der Waals surface area contributed by atoms with Gasteiger partial charge in [0.2, 0.25) is 11.8 Å². The fraction of sp³-hybridized carbons (Fsp3) is 0.250. The van der Waals surface area contributed by atoms with Crippen molar-refractivity contribution in [3.63, 3.8) is 0 Å². The van der Waals surface area contributed by atoms with Gasteiger partial charge in [-0.3, -0.25) is 4.98 Å². The summed E-state index contributed by atoms with van der Waals surface area (Å²) in [6.45, 7) is 2.82. The number of aromatic nitrogens is 5. The van der Waals surface area contributed by atoms with Crippen LogP contribution < -0.4 is 10.5 Å². The molecule has 0 amide bonds. The second kappa shape index (κ2) is 9.34. The van der Waals surface area contributed by atoms with E-state index in [0.717, 1.165) is 0 Å². The standard InChI is InChI=1S/C24H21F3N6O2/c1-13-8-15(9-18(30-13)22(26)27)20-21(14-2-4-16(25)5-3-14)31-24(28)32-23(20)35-12-19-29-6-7-33(19)17-10-34-11-17/h2-9,17,22H,10-12H2,1H3,(H2,28,31,32). The van der Waals surface area contributed by atoms with Crippen LogP contribution in [0.2, 0.25) is 0 Å². The average molecular weight is 482 g/mol. The van der Waals surface area contributed by atoms with Crippen molar-refractivity contribution in [1.82, 2.24) is 24.5 Å². The molecule has 11 heteroatoms. The van der Waals surface area contributed by atoms with Crippen LogP contribution in [0.1, 0.15) is 29.7 Å². The Morgan fingerprint density at radius 1 is 1.11 bits per heavy atom. The third-order valence-electron chi connectivity index (χ3n) is 5.60. The number of ether oxygens (including phenoxy) is 2. The Morgan fingerprint density at radius 2 is 1.89 bits per heavy atom. The molecule has 4 heterocycles. The van der Waals surface area contributed by atoms with E-state index in [9.17, 15) is 13.2 Å². The van der Waals surface area contributed by atoms with Gasteiger partial charge in [0.05, 0.1) is 30.5 Å². The molecular weight excluding hydrogens is 461 g/mol. The lowest BCUT2D eigenvalue weighted by molar-refractivity contribution is -0.0254. The monoisotopic (exact) mass is 482 g/mol. The van der Waals surface area contributed by atoms with Gasteiger partial charge in [-0.15, -0.1) is 0 Å². The van der Waals surface area contributed by atoms with E-state index >= 15 is 0 Å². The number of pyridine rings is 1. The van der Waals surface area contributed by atoms with Gasteiger partial charge >= 0.3 is 0 Å². The number of anilines is 1. The van der Waals surface area contributed by atoms with E-state index in [1.165, 1.54) is 30.3 Å². The number of aryl methyl sites for hydroxylation is 1. The van der Waals surface area contributed by atoms with Crippen LogP contribution in [-0.2, 0) is 11.3 Å². The molecule has 0 spiro atoms. The molecule has 1 aliphatic rings. The summed E-state index contributed by atoms with van der Waals surface area (Å²) in [7, 11) is 0. The first-order valence-electron chi connectivity index (χ1n) is 10.8. The van der Waals surface area contributed by atoms with E-state index in [1.807, 2.05) is 10.8 Å². The number of hydrogen-bond acceptors (Lipinski definition) is 7. The van der Waals surface area contributed by atoms with Crippen LogP contribution >= 0.6 is 0 Å². The van der Waals surface area contributed by atoms with Gasteiger partial charge in [-0.05, 0) is 48.9 Å². The summed E-state index contributed by atoms with van der Waals surface area (Å²) in [5, 5.41) is 0. The molecule has 4 aromatic rings. The smallest absolute Gasteiger partial charge is 0.280 e. The highest BCUT2D eigenvalue weighted by molar-refractivity contribution is 5.85. The summed E-state index contributed by atoms with van der Waals surface area (Å²) < 4.78 is 54.0. The van der Waals surface area contributed by atoms with Crippen LogP contribution in [0.25, 0.3) is 22.4 Å². The molecule has 1 aliphatic heterocycles. The van der Waals surface area contributed by atoms with Crippen LogP contribution in [0.5, 0.6) is 5.88 Å². The lowest BCUT2D eigenvalue weighted by atomic mass is 9.99. The van der Waals surface area contributed by atoms with Crippen LogP contribution in [-0.4, -0.2) is 37.7 Å². The predicted molar refractivity (Wildman–Crippen MR) is 121 cm³/mol. The van der Waals surface area contributed by atoms with Crippen LogP contribution in [0.15, 0.2) is 48.8 Å². The normalized spacial score (nSPS) is 13.7. The van der Waals surface area contributed by atoms with E-state index in [1.54, 1.807) is 19.2 Å².